The molecule has 0 aliphatic carbocycles. The van der Waals surface area contributed by atoms with Crippen molar-refractivity contribution in [3.8, 4) is 0 Å². The Balaban J connectivity index is 3.21. The van der Waals surface area contributed by atoms with Crippen LogP contribution < -0.4 is 0 Å². The van der Waals surface area contributed by atoms with E-state index < -0.39 is 20.3 Å². The topological polar surface area (TPSA) is 0 Å². The van der Waals surface area contributed by atoms with Crippen LogP contribution in [0.25, 0.3) is 0 Å². The summed E-state index contributed by atoms with van der Waals surface area (Å²) >= 11 is 1.98. The van der Waals surface area contributed by atoms with Crippen LogP contribution in [0.3, 0.4) is 0 Å². The molecule has 0 saturated carbocycles. The van der Waals surface area contributed by atoms with Gasteiger partial charge in [0.2, 0.25) is 0 Å². The quantitative estimate of drug-likeness (QED) is 0.674. The van der Waals surface area contributed by atoms with Crippen LogP contribution in [0.1, 0.15) is 0 Å². The average Bonchev–Trinajstić information content (AvgIpc) is 1.65. The van der Waals surface area contributed by atoms with E-state index >= 15 is 0 Å². The Kier molecular flexibility index (Phi) is 4.65. The molecule has 0 bridgehead atoms. The van der Waals surface area contributed by atoms with E-state index in [1.807, 2.05) is 7.27 Å². The minimum atomic E-state index is -1.48. The van der Waals surface area contributed by atoms with Crippen molar-refractivity contribution < 1.29 is 0 Å². The molecular weight excluding hydrogens is 332 g/mol. The first-order valence-electron chi connectivity index (χ1n) is 1.70. The molecule has 0 heterocycles. The Morgan fingerprint density at radius 1 is 1.33 bits per heavy atom. The van der Waals surface area contributed by atoms with Gasteiger partial charge in [-0.1, -0.05) is 0 Å². The molecule has 0 aromatic carbocycles. The van der Waals surface area contributed by atoms with Crippen LogP contribution in [-0.4, -0.2) is 20.3 Å². The first kappa shape index (κ1) is 6.88. The molecule has 0 saturated heterocycles. The van der Waals surface area contributed by atoms with Gasteiger partial charge in [0.1, 0.15) is 0 Å². The molecule has 0 unspecified atom stereocenters. The fraction of sp³-hybridized carbons (Fsp3) is 0. The van der Waals surface area contributed by atoms with E-state index in [4.69, 9.17) is 0 Å². The summed E-state index contributed by atoms with van der Waals surface area (Å²) in [4.78, 5) is 0. The Morgan fingerprint density at radius 3 is 1.67 bits per heavy atom. The third-order valence-electron chi connectivity index (χ3n) is 0.450. The molecule has 0 spiro atoms. The fourth-order valence-electron chi connectivity index (χ4n) is 0.0962. The van der Waals surface area contributed by atoms with Crippen molar-refractivity contribution >= 4 is 32.3 Å². The zero-order chi connectivity index (χ0) is 4.99. The van der Waals surface area contributed by atoms with Gasteiger partial charge in [-0.05, 0) is 0 Å². The van der Waals surface area contributed by atoms with E-state index in [0.717, 1.165) is 0 Å². The van der Waals surface area contributed by atoms with Crippen molar-refractivity contribution in [1.29, 1.82) is 0 Å². The second kappa shape index (κ2) is 4.05. The summed E-state index contributed by atoms with van der Waals surface area (Å²) in [6.45, 7) is 7.22. The van der Waals surface area contributed by atoms with Crippen molar-refractivity contribution in [2.45, 2.75) is 0 Å². The third-order valence-corrected chi connectivity index (χ3v) is 10.5. The summed E-state index contributed by atoms with van der Waals surface area (Å²) in [5.74, 6) is 0. The molecule has 2 heteroatoms. The van der Waals surface area contributed by atoms with Gasteiger partial charge in [-0.3, -0.25) is 0 Å². The predicted octanol–water partition coefficient (Wildman–Crippen LogP) is 1.82. The molecule has 0 amide bonds. The number of hydrogen-bond donors (Lipinski definition) is 0. The Bertz CT molecular complexity index is 52.6. The van der Waals surface area contributed by atoms with Gasteiger partial charge in [-0.2, -0.15) is 0 Å². The van der Waals surface area contributed by atoms with E-state index in [1.165, 1.54) is 0 Å². The Morgan fingerprint density at radius 2 is 1.67 bits per heavy atom. The summed E-state index contributed by atoms with van der Waals surface area (Å²) in [6, 6.07) is 0. The van der Waals surface area contributed by atoms with Crippen molar-refractivity contribution in [2.75, 3.05) is 0 Å². The molecule has 0 atom stereocenters. The Hall–Kier alpha value is 0.882. The standard InChI is InChI=1S/2C2H3.BrH.Tl/c2*1-2;;/h2*1H,2H2;1H;/q;;;+1/p-1. The van der Waals surface area contributed by atoms with E-state index in [1.54, 1.807) is 0 Å². The number of rotatable bonds is 2. The summed E-state index contributed by atoms with van der Waals surface area (Å²) in [5, 5.41) is 0. The van der Waals surface area contributed by atoms with E-state index in [0.29, 0.717) is 0 Å². The van der Waals surface area contributed by atoms with Crippen LogP contribution in [0.15, 0.2) is 20.4 Å². The average molecular weight is 338 g/mol. The van der Waals surface area contributed by atoms with Gasteiger partial charge in [0.15, 0.2) is 0 Å². The molecule has 6 heavy (non-hydrogen) atoms. The van der Waals surface area contributed by atoms with Crippen LogP contribution >= 0.6 is 12.0 Å². The van der Waals surface area contributed by atoms with Crippen LogP contribution in [-0.2, 0) is 0 Å². The number of hydrogen-bond acceptors (Lipinski definition) is 0. The van der Waals surface area contributed by atoms with Gasteiger partial charge in [-0.25, -0.2) is 0 Å². The first-order valence-corrected chi connectivity index (χ1v) is 16.6. The SMILES string of the molecule is C=[CH][Tl]([Br])[CH]=C. The monoisotopic (exact) mass is 338 g/mol. The van der Waals surface area contributed by atoms with E-state index in [9.17, 15) is 0 Å². The first-order chi connectivity index (χ1) is 2.81. The van der Waals surface area contributed by atoms with E-state index in [-0.39, 0.29) is 0 Å². The molecule has 0 N–H and O–H groups in total. The van der Waals surface area contributed by atoms with Crippen LogP contribution in [0.4, 0.5) is 0 Å². The second-order valence-electron chi connectivity index (χ2n) is 0.916. The van der Waals surface area contributed by atoms with Crippen LogP contribution in [0, 0.1) is 0 Å². The normalized spacial score (nSPS) is 6.83. The minimum absolute atomic E-state index is 1.48. The van der Waals surface area contributed by atoms with Crippen LogP contribution in [0.5, 0.6) is 0 Å². The maximum absolute atomic E-state index is 3.61. The maximum atomic E-state index is 3.61. The van der Waals surface area contributed by atoms with Crippen molar-refractivity contribution in [3.63, 3.8) is 0 Å². The summed E-state index contributed by atoms with van der Waals surface area (Å²) in [5.41, 5.74) is 0. The van der Waals surface area contributed by atoms with Crippen molar-refractivity contribution in [2.24, 2.45) is 0 Å². The second-order valence-corrected chi connectivity index (χ2v) is 17.3. The van der Waals surface area contributed by atoms with Crippen molar-refractivity contribution in [3.05, 3.63) is 20.4 Å². The zero-order valence-corrected chi connectivity index (χ0v) is 9.60. The molecule has 0 radical (unpaired) electrons. The van der Waals surface area contributed by atoms with Gasteiger partial charge in [-0.15, -0.1) is 0 Å². The molecule has 0 aromatic rings. The van der Waals surface area contributed by atoms with Crippen LogP contribution in [0.2, 0.25) is 0 Å². The zero-order valence-electron chi connectivity index (χ0n) is 3.52. The van der Waals surface area contributed by atoms with Gasteiger partial charge in [0.25, 0.3) is 0 Å². The molecule has 32 valence electrons. The molecular formula is C4H6BrTl. The molecule has 0 fully saturated rings. The molecule has 0 aliphatic rings. The van der Waals surface area contributed by atoms with Gasteiger partial charge >= 0.3 is 52.7 Å². The number of halogens is 1. The van der Waals surface area contributed by atoms with Gasteiger partial charge in [0, 0.05) is 0 Å². The van der Waals surface area contributed by atoms with Crippen molar-refractivity contribution in [1.82, 2.24) is 0 Å². The van der Waals surface area contributed by atoms with Gasteiger partial charge in [0.05, 0.1) is 0 Å². The Labute approximate surface area is 52.4 Å². The third kappa shape index (κ3) is 3.09. The molecule has 0 aromatic heterocycles. The fourth-order valence-corrected chi connectivity index (χ4v) is 0.844. The summed E-state index contributed by atoms with van der Waals surface area (Å²) < 4.78 is 3.99. The molecule has 0 nitrogen and oxygen atoms in total. The molecule has 0 rings (SSSR count). The summed E-state index contributed by atoms with van der Waals surface area (Å²) in [6.07, 6.45) is 0. The molecule has 0 aliphatic heterocycles. The summed E-state index contributed by atoms with van der Waals surface area (Å²) in [7, 11) is 0. The van der Waals surface area contributed by atoms with E-state index in [2.05, 4.69) is 25.1 Å². The van der Waals surface area contributed by atoms with Gasteiger partial charge < -0.3 is 0 Å². The predicted molar refractivity (Wildman–Crippen MR) is 35.1 cm³/mol.